The molecule has 2 fully saturated rings. The number of nitrogens with one attached hydrogen (secondary N) is 1. The predicted octanol–water partition coefficient (Wildman–Crippen LogP) is 2.79. The molecule has 2 aliphatic rings. The van der Waals surface area contributed by atoms with Crippen molar-refractivity contribution in [2.24, 2.45) is 17.6 Å². The fourth-order valence-electron chi connectivity index (χ4n) is 5.99. The van der Waals surface area contributed by atoms with Crippen LogP contribution in [-0.2, 0) is 15.2 Å². The van der Waals surface area contributed by atoms with Gasteiger partial charge in [0, 0.05) is 44.4 Å². The fraction of sp³-hybridized carbons (Fsp3) is 0.517. The predicted molar refractivity (Wildman–Crippen MR) is 140 cm³/mol. The Morgan fingerprint density at radius 1 is 1.11 bits per heavy atom. The highest BCUT2D eigenvalue weighted by Crippen LogP contribution is 2.43. The Balaban J connectivity index is 1.62. The number of hydrogen-bond donors (Lipinski definition) is 4. The topological polar surface area (TPSA) is 116 Å². The normalized spacial score (nSPS) is 25.8. The van der Waals surface area contributed by atoms with E-state index in [9.17, 15) is 19.8 Å². The van der Waals surface area contributed by atoms with Crippen LogP contribution in [0.2, 0.25) is 0 Å². The van der Waals surface area contributed by atoms with Crippen LogP contribution in [0.1, 0.15) is 51.0 Å². The van der Waals surface area contributed by atoms with Crippen LogP contribution in [0.15, 0.2) is 54.6 Å². The van der Waals surface area contributed by atoms with Crippen molar-refractivity contribution in [1.29, 1.82) is 0 Å². The number of likely N-dealkylation sites (tertiary alicyclic amines) is 1. The summed E-state index contributed by atoms with van der Waals surface area (Å²) in [5, 5.41) is 25.4. The second-order valence-electron chi connectivity index (χ2n) is 10.4. The molecule has 4 rings (SSSR count). The lowest BCUT2D eigenvalue weighted by Gasteiger charge is -2.44. The Morgan fingerprint density at radius 3 is 2.53 bits per heavy atom. The number of nitrogens with zero attached hydrogens (tertiary/aromatic N) is 1. The first-order valence-corrected chi connectivity index (χ1v) is 13.1. The van der Waals surface area contributed by atoms with Crippen LogP contribution in [0, 0.1) is 11.8 Å². The molecule has 2 amide bonds. The molecule has 5 atom stereocenters. The molecule has 0 aromatic heterocycles. The third-order valence-corrected chi connectivity index (χ3v) is 7.92. The van der Waals surface area contributed by atoms with Gasteiger partial charge in [-0.15, -0.1) is 0 Å². The van der Waals surface area contributed by atoms with E-state index in [1.807, 2.05) is 59.5 Å². The van der Waals surface area contributed by atoms with Crippen LogP contribution in [0.4, 0.5) is 0 Å². The second-order valence-corrected chi connectivity index (χ2v) is 10.4. The van der Waals surface area contributed by atoms with Gasteiger partial charge in [-0.2, -0.15) is 0 Å². The lowest BCUT2D eigenvalue weighted by molar-refractivity contribution is -0.141. The lowest BCUT2D eigenvalue weighted by Crippen LogP contribution is -2.49. The molecule has 0 radical (unpaired) electrons. The molecule has 7 heteroatoms. The molecule has 36 heavy (non-hydrogen) atoms. The van der Waals surface area contributed by atoms with Crippen LogP contribution in [0.5, 0.6) is 0 Å². The largest absolute Gasteiger partial charge is 0.391 e. The number of benzene rings is 2. The standard InChI is InChI=1S/C29H39N3O4/c1-20(33)31-15-8-14-29(36,25-13-6-5-12-24(25)21-9-3-2-4-10-21)23-11-7-16-32(19-23)28(35)22-17-26(30)27(34)18-22/h2-6,9-10,12-13,22-23,26-27,34,36H,7-8,11,14-19,30H2,1H3,(H,31,33)/t22-,23+,26+,27-,29-/m0/s1. The molecular formula is C29H39N3O4. The maximum absolute atomic E-state index is 13.4. The Hall–Kier alpha value is -2.74. The van der Waals surface area contributed by atoms with E-state index in [0.29, 0.717) is 45.3 Å². The molecule has 5 N–H and O–H groups in total. The van der Waals surface area contributed by atoms with Crippen LogP contribution in [0.25, 0.3) is 11.1 Å². The van der Waals surface area contributed by atoms with E-state index >= 15 is 0 Å². The van der Waals surface area contributed by atoms with Gasteiger partial charge in [-0.3, -0.25) is 9.59 Å². The molecule has 1 saturated heterocycles. The van der Waals surface area contributed by atoms with E-state index in [2.05, 4.69) is 5.32 Å². The highest BCUT2D eigenvalue weighted by Gasteiger charge is 2.44. The SMILES string of the molecule is CC(=O)NCCC[C@@](O)(c1ccccc1-c1ccccc1)[C@@H]1CCCN(C(=O)[C@H]2C[C@@H](N)[C@@H](O)C2)C1. The van der Waals surface area contributed by atoms with E-state index in [0.717, 1.165) is 29.5 Å². The highest BCUT2D eigenvalue weighted by atomic mass is 16.3. The molecule has 1 saturated carbocycles. The Kier molecular flexibility index (Phi) is 8.44. The summed E-state index contributed by atoms with van der Waals surface area (Å²) in [7, 11) is 0. The van der Waals surface area contributed by atoms with E-state index in [1.54, 1.807) is 0 Å². The first-order valence-electron chi connectivity index (χ1n) is 13.1. The molecule has 1 aliphatic heterocycles. The molecule has 2 aromatic carbocycles. The van der Waals surface area contributed by atoms with Gasteiger partial charge in [0.1, 0.15) is 0 Å². The first kappa shape index (κ1) is 26.3. The average molecular weight is 494 g/mol. The number of rotatable bonds is 8. The van der Waals surface area contributed by atoms with Gasteiger partial charge in [0.05, 0.1) is 11.7 Å². The Bertz CT molecular complexity index is 1040. The molecule has 1 heterocycles. The Morgan fingerprint density at radius 2 is 1.83 bits per heavy atom. The number of piperidine rings is 1. The van der Waals surface area contributed by atoms with Gasteiger partial charge in [0.15, 0.2) is 0 Å². The quantitative estimate of drug-likeness (QED) is 0.422. The lowest BCUT2D eigenvalue weighted by atomic mass is 9.72. The van der Waals surface area contributed by atoms with Gasteiger partial charge >= 0.3 is 0 Å². The molecule has 0 bridgehead atoms. The molecular weight excluding hydrogens is 454 g/mol. The minimum atomic E-state index is -1.17. The number of aliphatic hydroxyl groups excluding tert-OH is 1. The fourth-order valence-corrected chi connectivity index (χ4v) is 5.99. The van der Waals surface area contributed by atoms with Crippen LogP contribution in [-0.4, -0.2) is 58.7 Å². The van der Waals surface area contributed by atoms with Crippen molar-refractivity contribution in [3.8, 4) is 11.1 Å². The molecule has 0 unspecified atom stereocenters. The molecule has 7 nitrogen and oxygen atoms in total. The third kappa shape index (κ3) is 5.80. The van der Waals surface area contributed by atoms with Gasteiger partial charge in [0.25, 0.3) is 0 Å². The van der Waals surface area contributed by atoms with Crippen molar-refractivity contribution in [1.82, 2.24) is 10.2 Å². The summed E-state index contributed by atoms with van der Waals surface area (Å²) < 4.78 is 0. The number of carbonyl (C=O) groups excluding carboxylic acids is 2. The summed E-state index contributed by atoms with van der Waals surface area (Å²) in [6, 6.07) is 17.6. The summed E-state index contributed by atoms with van der Waals surface area (Å²) in [5.74, 6) is -0.478. The van der Waals surface area contributed by atoms with Crippen molar-refractivity contribution < 1.29 is 19.8 Å². The Labute approximate surface area is 213 Å². The van der Waals surface area contributed by atoms with Crippen LogP contribution < -0.4 is 11.1 Å². The van der Waals surface area contributed by atoms with Crippen molar-refractivity contribution in [2.45, 2.75) is 63.2 Å². The third-order valence-electron chi connectivity index (χ3n) is 7.92. The van der Waals surface area contributed by atoms with E-state index in [1.165, 1.54) is 6.92 Å². The molecule has 1 aliphatic carbocycles. The van der Waals surface area contributed by atoms with E-state index < -0.39 is 11.7 Å². The first-order chi connectivity index (χ1) is 17.3. The zero-order valence-electron chi connectivity index (χ0n) is 21.1. The minimum Gasteiger partial charge on any atom is -0.391 e. The maximum atomic E-state index is 13.4. The number of carbonyl (C=O) groups is 2. The van der Waals surface area contributed by atoms with Gasteiger partial charge < -0.3 is 26.2 Å². The van der Waals surface area contributed by atoms with Gasteiger partial charge in [-0.05, 0) is 55.2 Å². The summed E-state index contributed by atoms with van der Waals surface area (Å²) in [6.45, 7) is 3.09. The number of hydrogen-bond acceptors (Lipinski definition) is 5. The van der Waals surface area contributed by atoms with Crippen LogP contribution in [0.3, 0.4) is 0 Å². The molecule has 2 aromatic rings. The zero-order chi connectivity index (χ0) is 25.7. The smallest absolute Gasteiger partial charge is 0.225 e. The van der Waals surface area contributed by atoms with Crippen molar-refractivity contribution >= 4 is 11.8 Å². The monoisotopic (exact) mass is 493 g/mol. The number of amides is 2. The number of aliphatic hydroxyl groups is 2. The van der Waals surface area contributed by atoms with Gasteiger partial charge in [0.2, 0.25) is 11.8 Å². The average Bonchev–Trinajstić information content (AvgIpc) is 3.24. The second kappa shape index (κ2) is 11.5. The van der Waals surface area contributed by atoms with Gasteiger partial charge in [-0.1, -0.05) is 54.6 Å². The highest BCUT2D eigenvalue weighted by molar-refractivity contribution is 5.79. The van der Waals surface area contributed by atoms with Gasteiger partial charge in [-0.25, -0.2) is 0 Å². The zero-order valence-corrected chi connectivity index (χ0v) is 21.1. The summed E-state index contributed by atoms with van der Waals surface area (Å²) >= 11 is 0. The summed E-state index contributed by atoms with van der Waals surface area (Å²) in [4.78, 5) is 26.6. The van der Waals surface area contributed by atoms with Crippen molar-refractivity contribution in [2.75, 3.05) is 19.6 Å². The van der Waals surface area contributed by atoms with Crippen molar-refractivity contribution in [3.05, 3.63) is 60.2 Å². The molecule has 194 valence electrons. The van der Waals surface area contributed by atoms with E-state index in [-0.39, 0.29) is 29.7 Å². The van der Waals surface area contributed by atoms with E-state index in [4.69, 9.17) is 5.73 Å². The van der Waals surface area contributed by atoms with Crippen molar-refractivity contribution in [3.63, 3.8) is 0 Å². The summed E-state index contributed by atoms with van der Waals surface area (Å²) in [5.41, 5.74) is 7.68. The van der Waals surface area contributed by atoms with Crippen LogP contribution >= 0.6 is 0 Å². The maximum Gasteiger partial charge on any atom is 0.225 e. The molecule has 0 spiro atoms. The number of nitrogens with two attached hydrogens (primary N) is 1. The minimum absolute atomic E-state index is 0.0311. The summed E-state index contributed by atoms with van der Waals surface area (Å²) in [6.07, 6.45) is 2.96.